The molecule has 1 saturated carbocycles. The molecule has 0 radical (unpaired) electrons. The van der Waals surface area contributed by atoms with Gasteiger partial charge in [-0.1, -0.05) is 20.8 Å². The summed E-state index contributed by atoms with van der Waals surface area (Å²) in [5, 5.41) is 0. The number of benzene rings is 1. The summed E-state index contributed by atoms with van der Waals surface area (Å²) in [7, 11) is 1.79. The Balaban J connectivity index is 1.49. The van der Waals surface area contributed by atoms with Crippen LogP contribution in [0, 0.1) is 11.3 Å². The Kier molecular flexibility index (Phi) is 4.66. The van der Waals surface area contributed by atoms with Crippen LogP contribution in [0.5, 0.6) is 0 Å². The summed E-state index contributed by atoms with van der Waals surface area (Å²) in [4.78, 5) is 25.0. The van der Waals surface area contributed by atoms with Gasteiger partial charge in [0.25, 0.3) is 0 Å². The number of hydrogen-bond donors (Lipinski definition) is 0. The predicted octanol–water partition coefficient (Wildman–Crippen LogP) is 4.28. The summed E-state index contributed by atoms with van der Waals surface area (Å²) in [6.45, 7) is 7.98. The van der Waals surface area contributed by atoms with Crippen LogP contribution in [0.15, 0.2) is 24.5 Å². The number of hydrogen-bond acceptors (Lipinski definition) is 4. The van der Waals surface area contributed by atoms with Gasteiger partial charge in [0.1, 0.15) is 0 Å². The van der Waals surface area contributed by atoms with Gasteiger partial charge in [0, 0.05) is 43.4 Å². The van der Waals surface area contributed by atoms with Gasteiger partial charge in [-0.25, -0.2) is 0 Å². The average molecular weight is 408 g/mol. The van der Waals surface area contributed by atoms with Crippen LogP contribution in [-0.4, -0.2) is 46.6 Å². The number of aromatic nitrogens is 2. The third kappa shape index (κ3) is 2.81. The molecule has 2 aliphatic carbocycles. The molecule has 1 aromatic carbocycles. The van der Waals surface area contributed by atoms with E-state index in [-0.39, 0.29) is 22.8 Å². The first kappa shape index (κ1) is 19.9. The standard InChI is InChI=1S/C25H33N3O2/c1-24(2)22-14-17-13-20-21(27-11-10-26-20)15-19(17)25(24,3)9-12-28(22)23(29)16-5-7-18(30-4)8-6-16/h10-11,13,15-16,18,22H,5-9,12,14H2,1-4H3/t16?,18?,22-,25+/m1/s1. The van der Waals surface area contributed by atoms with E-state index in [1.165, 1.54) is 11.1 Å². The molecule has 1 aliphatic heterocycles. The highest BCUT2D eigenvalue weighted by atomic mass is 16.5. The summed E-state index contributed by atoms with van der Waals surface area (Å²) < 4.78 is 5.51. The van der Waals surface area contributed by atoms with Crippen molar-refractivity contribution in [2.75, 3.05) is 13.7 Å². The van der Waals surface area contributed by atoms with Crippen molar-refractivity contribution < 1.29 is 9.53 Å². The van der Waals surface area contributed by atoms with Gasteiger partial charge < -0.3 is 9.64 Å². The predicted molar refractivity (Wildman–Crippen MR) is 117 cm³/mol. The second-order valence-electron chi connectivity index (χ2n) is 10.3. The van der Waals surface area contributed by atoms with Gasteiger partial charge in [0.2, 0.25) is 5.91 Å². The molecule has 160 valence electrons. The molecule has 1 saturated heterocycles. The summed E-state index contributed by atoms with van der Waals surface area (Å²) in [6.07, 6.45) is 9.66. The van der Waals surface area contributed by atoms with E-state index >= 15 is 0 Å². The van der Waals surface area contributed by atoms with Crippen molar-refractivity contribution in [1.82, 2.24) is 14.9 Å². The van der Waals surface area contributed by atoms with E-state index in [4.69, 9.17) is 4.74 Å². The van der Waals surface area contributed by atoms with E-state index in [1.807, 2.05) is 0 Å². The molecule has 2 heterocycles. The number of nitrogens with zero attached hydrogens (tertiary/aromatic N) is 3. The number of ether oxygens (including phenoxy) is 1. The van der Waals surface area contributed by atoms with E-state index in [1.54, 1.807) is 19.5 Å². The van der Waals surface area contributed by atoms with Gasteiger partial charge in [0.05, 0.1) is 17.1 Å². The smallest absolute Gasteiger partial charge is 0.225 e. The van der Waals surface area contributed by atoms with Gasteiger partial charge in [-0.2, -0.15) is 0 Å². The lowest BCUT2D eigenvalue weighted by Crippen LogP contribution is -2.65. The average Bonchev–Trinajstić information content (AvgIpc) is 2.75. The van der Waals surface area contributed by atoms with Gasteiger partial charge >= 0.3 is 0 Å². The third-order valence-corrected chi connectivity index (χ3v) is 8.83. The van der Waals surface area contributed by atoms with Gasteiger partial charge in [-0.3, -0.25) is 14.8 Å². The van der Waals surface area contributed by atoms with E-state index in [0.29, 0.717) is 12.0 Å². The monoisotopic (exact) mass is 407 g/mol. The first-order valence-corrected chi connectivity index (χ1v) is 11.4. The fourth-order valence-corrected chi connectivity index (χ4v) is 6.42. The lowest BCUT2D eigenvalue weighted by Gasteiger charge is -2.61. The van der Waals surface area contributed by atoms with Gasteiger partial charge in [-0.15, -0.1) is 0 Å². The number of piperidine rings is 1. The van der Waals surface area contributed by atoms with E-state index in [9.17, 15) is 4.79 Å². The molecule has 3 aliphatic rings. The minimum atomic E-state index is 0.00747. The van der Waals surface area contributed by atoms with Crippen molar-refractivity contribution in [3.63, 3.8) is 0 Å². The van der Waals surface area contributed by atoms with Crippen LogP contribution in [-0.2, 0) is 21.4 Å². The second kappa shape index (κ2) is 7.01. The topological polar surface area (TPSA) is 55.3 Å². The highest BCUT2D eigenvalue weighted by molar-refractivity contribution is 5.81. The normalized spacial score (nSPS) is 32.7. The molecule has 5 rings (SSSR count). The lowest BCUT2D eigenvalue weighted by molar-refractivity contribution is -0.150. The molecule has 0 spiro atoms. The molecule has 1 amide bonds. The van der Waals surface area contributed by atoms with Crippen LogP contribution in [0.2, 0.25) is 0 Å². The maximum Gasteiger partial charge on any atom is 0.225 e. The Morgan fingerprint density at radius 2 is 1.73 bits per heavy atom. The Morgan fingerprint density at radius 1 is 1.07 bits per heavy atom. The Labute approximate surface area is 179 Å². The summed E-state index contributed by atoms with van der Waals surface area (Å²) >= 11 is 0. The van der Waals surface area contributed by atoms with E-state index in [2.05, 4.69) is 47.8 Å². The molecule has 5 heteroatoms. The molecule has 2 atom stereocenters. The van der Waals surface area contributed by atoms with E-state index < -0.39 is 0 Å². The largest absolute Gasteiger partial charge is 0.381 e. The Bertz CT molecular complexity index is 980. The number of amides is 1. The van der Waals surface area contributed by atoms with Crippen molar-refractivity contribution in [2.45, 2.75) is 76.9 Å². The van der Waals surface area contributed by atoms with Gasteiger partial charge in [-0.05, 0) is 67.2 Å². The molecule has 5 nitrogen and oxygen atoms in total. The SMILES string of the molecule is COC1CCC(C(=O)N2CC[C@@]3(C)c4cc5nccnc5cc4C[C@@H]2C3(C)C)CC1. The molecule has 2 fully saturated rings. The number of methoxy groups -OCH3 is 1. The second-order valence-corrected chi connectivity index (χ2v) is 10.3. The van der Waals surface area contributed by atoms with Crippen molar-refractivity contribution in [2.24, 2.45) is 11.3 Å². The highest BCUT2D eigenvalue weighted by Gasteiger charge is 2.57. The van der Waals surface area contributed by atoms with Crippen LogP contribution in [0.1, 0.15) is 64.0 Å². The van der Waals surface area contributed by atoms with Crippen LogP contribution in [0.25, 0.3) is 11.0 Å². The summed E-state index contributed by atoms with van der Waals surface area (Å²) in [5.74, 6) is 0.522. The van der Waals surface area contributed by atoms with Crippen LogP contribution >= 0.6 is 0 Å². The van der Waals surface area contributed by atoms with Crippen molar-refractivity contribution in [3.8, 4) is 0 Å². The molecular weight excluding hydrogens is 374 g/mol. The minimum absolute atomic E-state index is 0.00747. The molecule has 1 aromatic heterocycles. The maximum absolute atomic E-state index is 13.6. The number of fused-ring (bicyclic) bond motifs is 5. The van der Waals surface area contributed by atoms with Crippen LogP contribution < -0.4 is 0 Å². The first-order chi connectivity index (χ1) is 14.3. The molecular formula is C25H33N3O2. The highest BCUT2D eigenvalue weighted by Crippen LogP contribution is 2.56. The van der Waals surface area contributed by atoms with Crippen molar-refractivity contribution >= 4 is 16.9 Å². The fourth-order valence-electron chi connectivity index (χ4n) is 6.42. The summed E-state index contributed by atoms with van der Waals surface area (Å²) in [5.41, 5.74) is 4.71. The zero-order valence-electron chi connectivity index (χ0n) is 18.6. The molecule has 30 heavy (non-hydrogen) atoms. The fraction of sp³-hybridized carbons (Fsp3) is 0.640. The number of carbonyl (C=O) groups is 1. The van der Waals surface area contributed by atoms with Gasteiger partial charge in [0.15, 0.2) is 0 Å². The Hall–Kier alpha value is -2.01. The van der Waals surface area contributed by atoms with E-state index in [0.717, 1.165) is 56.1 Å². The lowest BCUT2D eigenvalue weighted by atomic mass is 9.51. The zero-order chi connectivity index (χ0) is 21.1. The minimum Gasteiger partial charge on any atom is -0.381 e. The quantitative estimate of drug-likeness (QED) is 0.746. The van der Waals surface area contributed by atoms with Crippen LogP contribution in [0.3, 0.4) is 0 Å². The maximum atomic E-state index is 13.6. The number of carbonyl (C=O) groups excluding carboxylic acids is 1. The van der Waals surface area contributed by atoms with Crippen molar-refractivity contribution in [1.29, 1.82) is 0 Å². The zero-order valence-corrected chi connectivity index (χ0v) is 18.6. The van der Waals surface area contributed by atoms with Crippen LogP contribution in [0.4, 0.5) is 0 Å². The third-order valence-electron chi connectivity index (χ3n) is 8.83. The molecule has 0 N–H and O–H groups in total. The number of rotatable bonds is 2. The molecule has 0 unspecified atom stereocenters. The number of likely N-dealkylation sites (tertiary alicyclic amines) is 1. The molecule has 2 aromatic rings. The first-order valence-electron chi connectivity index (χ1n) is 11.4. The summed E-state index contributed by atoms with van der Waals surface area (Å²) in [6, 6.07) is 4.71. The Morgan fingerprint density at radius 3 is 2.40 bits per heavy atom. The molecule has 2 bridgehead atoms. The van der Waals surface area contributed by atoms with Crippen molar-refractivity contribution in [3.05, 3.63) is 35.7 Å².